The maximum Gasteiger partial charge on any atom is 0.230 e. The average molecular weight is 231 g/mol. The summed E-state index contributed by atoms with van der Waals surface area (Å²) in [5, 5.41) is 2.59. The Bertz CT molecular complexity index is 357. The van der Waals surface area contributed by atoms with Crippen LogP contribution in [0.2, 0.25) is 0 Å². The molecule has 2 nitrogen and oxygen atoms in total. The van der Waals surface area contributed by atoms with Crippen LogP contribution in [-0.2, 0) is 4.79 Å². The number of amides is 1. The van der Waals surface area contributed by atoms with E-state index in [9.17, 15) is 13.6 Å². The fraction of sp³-hybridized carbons (Fsp3) is 0.300. The monoisotopic (exact) mass is 231 g/mol. The molecule has 1 N–H and O–H groups in total. The van der Waals surface area contributed by atoms with E-state index in [1.165, 1.54) is 12.1 Å². The third kappa shape index (κ3) is 3.87. The van der Waals surface area contributed by atoms with Gasteiger partial charge in [-0.15, -0.1) is 11.8 Å². The summed E-state index contributed by atoms with van der Waals surface area (Å²) >= 11 is 1.05. The third-order valence-electron chi connectivity index (χ3n) is 1.63. The first kappa shape index (κ1) is 12.0. The van der Waals surface area contributed by atoms with Crippen molar-refractivity contribution in [3.05, 3.63) is 29.8 Å². The van der Waals surface area contributed by atoms with Gasteiger partial charge in [0.05, 0.1) is 5.75 Å². The molecule has 0 atom stereocenters. The highest BCUT2D eigenvalue weighted by Crippen LogP contribution is 2.21. The Morgan fingerprint density at radius 1 is 1.47 bits per heavy atom. The molecule has 0 aromatic heterocycles. The molecule has 0 bridgehead atoms. The molecule has 0 spiro atoms. The Labute approximate surface area is 91.1 Å². The van der Waals surface area contributed by atoms with Crippen molar-refractivity contribution in [2.75, 3.05) is 12.3 Å². The van der Waals surface area contributed by atoms with Gasteiger partial charge in [-0.1, -0.05) is 0 Å². The smallest absolute Gasteiger partial charge is 0.230 e. The second-order valence-electron chi connectivity index (χ2n) is 2.82. The highest BCUT2D eigenvalue weighted by atomic mass is 32.2. The van der Waals surface area contributed by atoms with Gasteiger partial charge in [0.2, 0.25) is 5.91 Å². The van der Waals surface area contributed by atoms with Crippen molar-refractivity contribution in [2.45, 2.75) is 11.8 Å². The third-order valence-corrected chi connectivity index (χ3v) is 2.68. The normalized spacial score (nSPS) is 10.1. The van der Waals surface area contributed by atoms with Gasteiger partial charge in [0.15, 0.2) is 0 Å². The summed E-state index contributed by atoms with van der Waals surface area (Å²) in [6, 6.07) is 3.30. The number of hydrogen-bond donors (Lipinski definition) is 1. The molecular formula is C10H11F2NOS. The quantitative estimate of drug-likeness (QED) is 0.805. The summed E-state index contributed by atoms with van der Waals surface area (Å²) in [5.41, 5.74) is 0. The van der Waals surface area contributed by atoms with Gasteiger partial charge in [0.25, 0.3) is 0 Å². The summed E-state index contributed by atoms with van der Waals surface area (Å²) in [4.78, 5) is 11.3. The Kier molecular flexibility index (Phi) is 4.55. The summed E-state index contributed by atoms with van der Waals surface area (Å²) < 4.78 is 25.6. The van der Waals surface area contributed by atoms with E-state index >= 15 is 0 Å². The van der Waals surface area contributed by atoms with Crippen LogP contribution in [0.1, 0.15) is 6.92 Å². The van der Waals surface area contributed by atoms with E-state index in [0.717, 1.165) is 17.8 Å². The lowest BCUT2D eigenvalue weighted by Gasteiger charge is -2.03. The van der Waals surface area contributed by atoms with Crippen LogP contribution in [0.15, 0.2) is 23.1 Å². The lowest BCUT2D eigenvalue weighted by atomic mass is 10.3. The van der Waals surface area contributed by atoms with Gasteiger partial charge >= 0.3 is 0 Å². The van der Waals surface area contributed by atoms with Crippen LogP contribution >= 0.6 is 11.8 Å². The second kappa shape index (κ2) is 5.70. The SMILES string of the molecule is CCNC(=O)CSc1ccc(F)cc1F. The Morgan fingerprint density at radius 2 is 2.20 bits per heavy atom. The van der Waals surface area contributed by atoms with Crippen LogP contribution in [-0.4, -0.2) is 18.2 Å². The number of hydrogen-bond acceptors (Lipinski definition) is 2. The summed E-state index contributed by atoms with van der Waals surface area (Å²) in [5.74, 6) is -1.28. The second-order valence-corrected chi connectivity index (χ2v) is 3.83. The highest BCUT2D eigenvalue weighted by Gasteiger charge is 2.06. The van der Waals surface area contributed by atoms with Crippen molar-refractivity contribution >= 4 is 17.7 Å². The molecule has 0 radical (unpaired) electrons. The van der Waals surface area contributed by atoms with Crippen LogP contribution < -0.4 is 5.32 Å². The summed E-state index contributed by atoms with van der Waals surface area (Å²) in [6.07, 6.45) is 0. The zero-order chi connectivity index (χ0) is 11.3. The van der Waals surface area contributed by atoms with Gasteiger partial charge in [0.1, 0.15) is 11.6 Å². The molecule has 1 aromatic rings. The number of carbonyl (C=O) groups is 1. The Balaban J connectivity index is 2.54. The molecule has 0 heterocycles. The minimum atomic E-state index is -0.635. The average Bonchev–Trinajstić information content (AvgIpc) is 2.17. The molecule has 1 amide bonds. The molecule has 15 heavy (non-hydrogen) atoms. The largest absolute Gasteiger partial charge is 0.356 e. The molecule has 0 unspecified atom stereocenters. The van der Waals surface area contributed by atoms with Gasteiger partial charge in [-0.25, -0.2) is 8.78 Å². The van der Waals surface area contributed by atoms with E-state index in [1.807, 2.05) is 0 Å². The first-order valence-electron chi connectivity index (χ1n) is 4.48. The fourth-order valence-corrected chi connectivity index (χ4v) is 1.73. The molecule has 82 valence electrons. The van der Waals surface area contributed by atoms with E-state index in [2.05, 4.69) is 5.32 Å². The predicted molar refractivity (Wildman–Crippen MR) is 55.8 cm³/mol. The zero-order valence-electron chi connectivity index (χ0n) is 8.22. The molecule has 1 aromatic carbocycles. The Morgan fingerprint density at radius 3 is 2.80 bits per heavy atom. The predicted octanol–water partition coefficient (Wildman–Crippen LogP) is 2.19. The van der Waals surface area contributed by atoms with Crippen molar-refractivity contribution in [3.63, 3.8) is 0 Å². The molecule has 0 saturated carbocycles. The minimum absolute atomic E-state index is 0.135. The van der Waals surface area contributed by atoms with Crippen molar-refractivity contribution in [2.24, 2.45) is 0 Å². The van der Waals surface area contributed by atoms with Crippen LogP contribution in [0.25, 0.3) is 0 Å². The standard InChI is InChI=1S/C10H11F2NOS/c1-2-13-10(14)6-15-9-4-3-7(11)5-8(9)12/h3-5H,2,6H2,1H3,(H,13,14). The van der Waals surface area contributed by atoms with Gasteiger partial charge in [0, 0.05) is 17.5 Å². The van der Waals surface area contributed by atoms with E-state index in [-0.39, 0.29) is 16.6 Å². The number of nitrogens with one attached hydrogen (secondary N) is 1. The van der Waals surface area contributed by atoms with E-state index in [1.54, 1.807) is 6.92 Å². The first-order chi connectivity index (χ1) is 7.13. The van der Waals surface area contributed by atoms with Crippen molar-refractivity contribution in [1.82, 2.24) is 5.32 Å². The lowest BCUT2D eigenvalue weighted by Crippen LogP contribution is -2.24. The zero-order valence-corrected chi connectivity index (χ0v) is 9.04. The summed E-state index contributed by atoms with van der Waals surface area (Å²) in [6.45, 7) is 2.35. The number of thioether (sulfide) groups is 1. The molecule has 0 aliphatic carbocycles. The van der Waals surface area contributed by atoms with Gasteiger partial charge in [-0.05, 0) is 19.1 Å². The minimum Gasteiger partial charge on any atom is -0.356 e. The van der Waals surface area contributed by atoms with Crippen LogP contribution in [0.4, 0.5) is 8.78 Å². The van der Waals surface area contributed by atoms with Crippen LogP contribution in [0.5, 0.6) is 0 Å². The van der Waals surface area contributed by atoms with Gasteiger partial charge in [-0.3, -0.25) is 4.79 Å². The van der Waals surface area contributed by atoms with E-state index in [4.69, 9.17) is 0 Å². The number of benzene rings is 1. The number of halogens is 2. The first-order valence-corrected chi connectivity index (χ1v) is 5.46. The molecule has 5 heteroatoms. The number of carbonyl (C=O) groups excluding carboxylic acids is 1. The molecule has 0 aliphatic rings. The maximum absolute atomic E-state index is 13.1. The number of rotatable bonds is 4. The van der Waals surface area contributed by atoms with Crippen LogP contribution in [0, 0.1) is 11.6 Å². The van der Waals surface area contributed by atoms with Crippen LogP contribution in [0.3, 0.4) is 0 Å². The van der Waals surface area contributed by atoms with Crippen molar-refractivity contribution in [1.29, 1.82) is 0 Å². The molecule has 1 rings (SSSR count). The van der Waals surface area contributed by atoms with Gasteiger partial charge < -0.3 is 5.32 Å². The van der Waals surface area contributed by atoms with E-state index < -0.39 is 11.6 Å². The fourth-order valence-electron chi connectivity index (χ4n) is 0.984. The van der Waals surface area contributed by atoms with Gasteiger partial charge in [-0.2, -0.15) is 0 Å². The molecule has 0 saturated heterocycles. The maximum atomic E-state index is 13.1. The van der Waals surface area contributed by atoms with E-state index in [0.29, 0.717) is 6.54 Å². The van der Waals surface area contributed by atoms with Crippen molar-refractivity contribution in [3.8, 4) is 0 Å². The van der Waals surface area contributed by atoms with Crippen molar-refractivity contribution < 1.29 is 13.6 Å². The lowest BCUT2D eigenvalue weighted by molar-refractivity contribution is -0.118. The highest BCUT2D eigenvalue weighted by molar-refractivity contribution is 8.00. The topological polar surface area (TPSA) is 29.1 Å². The molecule has 0 fully saturated rings. The Hall–Kier alpha value is -1.10. The summed E-state index contributed by atoms with van der Waals surface area (Å²) in [7, 11) is 0. The molecular weight excluding hydrogens is 220 g/mol. The molecule has 0 aliphatic heterocycles.